The second kappa shape index (κ2) is 5.75. The Morgan fingerprint density at radius 3 is 2.59 bits per heavy atom. The highest BCUT2D eigenvalue weighted by Crippen LogP contribution is 2.34. The summed E-state index contributed by atoms with van der Waals surface area (Å²) in [6.45, 7) is 5.41. The molecule has 0 atom stereocenters. The normalized spacial score (nSPS) is 11.2. The highest BCUT2D eigenvalue weighted by molar-refractivity contribution is 14.1. The first-order chi connectivity index (χ1) is 7.70. The molecule has 1 aromatic carbocycles. The number of anilines is 1. The van der Waals surface area contributed by atoms with Gasteiger partial charge in [-0.3, -0.25) is 5.32 Å². The number of hydrogen-bond donors (Lipinski definition) is 1. The molecular formula is C11H12BrClINO2. The lowest BCUT2D eigenvalue weighted by Crippen LogP contribution is -2.27. The molecule has 0 bridgehead atoms. The maximum Gasteiger partial charge on any atom is 0.412 e. The zero-order chi connectivity index (χ0) is 13.2. The summed E-state index contributed by atoms with van der Waals surface area (Å²) in [5, 5.41) is 3.07. The Hall–Kier alpha value is -0.0100. The Labute approximate surface area is 128 Å². The molecule has 0 aliphatic carbocycles. The lowest BCUT2D eigenvalue weighted by Gasteiger charge is -2.20. The minimum atomic E-state index is -0.531. The van der Waals surface area contributed by atoms with E-state index in [2.05, 4.69) is 43.8 Å². The van der Waals surface area contributed by atoms with Gasteiger partial charge in [-0.2, -0.15) is 0 Å². The van der Waals surface area contributed by atoms with Crippen molar-refractivity contribution in [2.24, 2.45) is 0 Å². The zero-order valence-corrected chi connectivity index (χ0v) is 14.1. The minimum absolute atomic E-state index is 0.461. The Morgan fingerprint density at radius 1 is 1.47 bits per heavy atom. The van der Waals surface area contributed by atoms with Crippen molar-refractivity contribution in [1.29, 1.82) is 0 Å². The molecule has 0 saturated carbocycles. The maximum absolute atomic E-state index is 11.6. The van der Waals surface area contributed by atoms with Crippen LogP contribution in [0.25, 0.3) is 0 Å². The predicted octanol–water partition coefficient (Wildman–Crippen LogP) is 5.05. The molecular weight excluding hydrogens is 420 g/mol. The minimum Gasteiger partial charge on any atom is -0.444 e. The predicted molar refractivity (Wildman–Crippen MR) is 81.7 cm³/mol. The van der Waals surface area contributed by atoms with E-state index in [0.717, 1.165) is 8.04 Å². The Kier molecular flexibility index (Phi) is 5.09. The molecule has 1 rings (SSSR count). The summed E-state index contributed by atoms with van der Waals surface area (Å²) < 4.78 is 6.87. The van der Waals surface area contributed by atoms with Crippen LogP contribution in [0, 0.1) is 3.57 Å². The fourth-order valence-corrected chi connectivity index (χ4v) is 2.20. The van der Waals surface area contributed by atoms with Gasteiger partial charge < -0.3 is 4.74 Å². The van der Waals surface area contributed by atoms with Crippen LogP contribution in [0.4, 0.5) is 10.5 Å². The highest BCUT2D eigenvalue weighted by atomic mass is 127. The summed E-state index contributed by atoms with van der Waals surface area (Å²) in [7, 11) is 0. The number of nitrogens with one attached hydrogen (secondary N) is 1. The average Bonchev–Trinajstić information content (AvgIpc) is 2.16. The summed E-state index contributed by atoms with van der Waals surface area (Å²) >= 11 is 11.6. The third-order valence-corrected chi connectivity index (χ3v) is 4.76. The van der Waals surface area contributed by atoms with Crippen LogP contribution in [0.1, 0.15) is 20.8 Å². The SMILES string of the molecule is CC(C)(C)OC(=O)Nc1ccc(I)c(Br)c1Cl. The largest absolute Gasteiger partial charge is 0.444 e. The van der Waals surface area contributed by atoms with Gasteiger partial charge in [-0.25, -0.2) is 4.79 Å². The van der Waals surface area contributed by atoms with Crippen LogP contribution < -0.4 is 5.32 Å². The van der Waals surface area contributed by atoms with E-state index in [1.165, 1.54) is 0 Å². The quantitative estimate of drug-likeness (QED) is 0.498. The zero-order valence-electron chi connectivity index (χ0n) is 9.61. The van der Waals surface area contributed by atoms with Crippen molar-refractivity contribution in [2.75, 3.05) is 5.32 Å². The topological polar surface area (TPSA) is 38.3 Å². The molecule has 0 unspecified atom stereocenters. The van der Waals surface area contributed by atoms with Crippen LogP contribution in [-0.4, -0.2) is 11.7 Å². The third-order valence-electron chi connectivity index (χ3n) is 1.67. The van der Waals surface area contributed by atoms with Gasteiger partial charge in [0.05, 0.1) is 15.2 Å². The van der Waals surface area contributed by atoms with Crippen LogP contribution in [0.5, 0.6) is 0 Å². The Morgan fingerprint density at radius 2 is 2.06 bits per heavy atom. The van der Waals surface area contributed by atoms with E-state index in [0.29, 0.717) is 10.7 Å². The van der Waals surface area contributed by atoms with Gasteiger partial charge in [0.15, 0.2) is 0 Å². The number of benzene rings is 1. The van der Waals surface area contributed by atoms with Gasteiger partial charge in [-0.1, -0.05) is 11.6 Å². The smallest absolute Gasteiger partial charge is 0.412 e. The first-order valence-electron chi connectivity index (χ1n) is 4.84. The molecule has 0 aromatic heterocycles. The molecule has 0 spiro atoms. The first-order valence-corrected chi connectivity index (χ1v) is 7.09. The molecule has 1 aromatic rings. The molecule has 0 aliphatic heterocycles. The van der Waals surface area contributed by atoms with E-state index >= 15 is 0 Å². The second-order valence-corrected chi connectivity index (χ2v) is 6.68. The van der Waals surface area contributed by atoms with Crippen LogP contribution >= 0.6 is 50.1 Å². The van der Waals surface area contributed by atoms with Crippen LogP contribution in [-0.2, 0) is 4.74 Å². The monoisotopic (exact) mass is 431 g/mol. The van der Waals surface area contributed by atoms with Gasteiger partial charge in [0, 0.05) is 3.57 Å². The molecule has 1 N–H and O–H groups in total. The molecule has 0 fully saturated rings. The Bertz CT molecular complexity index is 446. The van der Waals surface area contributed by atoms with Crippen LogP contribution in [0.15, 0.2) is 16.6 Å². The number of ether oxygens (including phenoxy) is 1. The summed E-state index contributed by atoms with van der Waals surface area (Å²) in [6.07, 6.45) is -0.521. The van der Waals surface area contributed by atoms with E-state index in [1.54, 1.807) is 26.8 Å². The van der Waals surface area contributed by atoms with E-state index in [9.17, 15) is 4.79 Å². The van der Waals surface area contributed by atoms with E-state index in [1.807, 2.05) is 6.07 Å². The van der Waals surface area contributed by atoms with Crippen molar-refractivity contribution in [3.63, 3.8) is 0 Å². The molecule has 6 heteroatoms. The number of carbonyl (C=O) groups excluding carboxylic acids is 1. The second-order valence-electron chi connectivity index (χ2n) is 4.35. The van der Waals surface area contributed by atoms with E-state index in [4.69, 9.17) is 16.3 Å². The summed E-state index contributed by atoms with van der Waals surface area (Å²) in [6, 6.07) is 3.59. The van der Waals surface area contributed by atoms with E-state index < -0.39 is 11.7 Å². The van der Waals surface area contributed by atoms with Crippen molar-refractivity contribution in [3.05, 3.63) is 25.2 Å². The fourth-order valence-electron chi connectivity index (χ4n) is 1.04. The average molecular weight is 432 g/mol. The van der Waals surface area contributed by atoms with Crippen molar-refractivity contribution < 1.29 is 9.53 Å². The molecule has 94 valence electrons. The van der Waals surface area contributed by atoms with Crippen molar-refractivity contribution >= 4 is 61.9 Å². The van der Waals surface area contributed by atoms with Gasteiger partial charge in [0.1, 0.15) is 5.60 Å². The van der Waals surface area contributed by atoms with Crippen molar-refractivity contribution in [3.8, 4) is 0 Å². The standard InChI is InChI=1S/C11H12BrClINO2/c1-11(2,3)17-10(16)15-7-5-4-6(14)8(12)9(7)13/h4-5H,1-3H3,(H,15,16). The maximum atomic E-state index is 11.6. The molecule has 0 radical (unpaired) electrons. The number of rotatable bonds is 1. The summed E-state index contributed by atoms with van der Waals surface area (Å²) in [5.74, 6) is 0. The number of halogens is 3. The van der Waals surface area contributed by atoms with Crippen LogP contribution in [0.2, 0.25) is 5.02 Å². The third kappa shape index (κ3) is 4.63. The van der Waals surface area contributed by atoms with Crippen LogP contribution in [0.3, 0.4) is 0 Å². The fraction of sp³-hybridized carbons (Fsp3) is 0.364. The first kappa shape index (κ1) is 15.0. The number of carbonyl (C=O) groups is 1. The summed E-state index contributed by atoms with van der Waals surface area (Å²) in [4.78, 5) is 11.6. The summed E-state index contributed by atoms with van der Waals surface area (Å²) in [5.41, 5.74) is -0.00927. The van der Waals surface area contributed by atoms with Gasteiger partial charge in [0.2, 0.25) is 0 Å². The van der Waals surface area contributed by atoms with E-state index in [-0.39, 0.29) is 0 Å². The molecule has 17 heavy (non-hydrogen) atoms. The number of hydrogen-bond acceptors (Lipinski definition) is 2. The lowest BCUT2D eigenvalue weighted by molar-refractivity contribution is 0.0636. The van der Waals surface area contributed by atoms with Gasteiger partial charge in [-0.05, 0) is 71.4 Å². The molecule has 3 nitrogen and oxygen atoms in total. The van der Waals surface area contributed by atoms with Gasteiger partial charge >= 0.3 is 6.09 Å². The number of amides is 1. The van der Waals surface area contributed by atoms with Gasteiger partial charge in [-0.15, -0.1) is 0 Å². The lowest BCUT2D eigenvalue weighted by atomic mass is 10.2. The molecule has 0 aliphatic rings. The highest BCUT2D eigenvalue weighted by Gasteiger charge is 2.17. The Balaban J connectivity index is 2.83. The molecule has 1 amide bonds. The molecule has 0 saturated heterocycles. The van der Waals surface area contributed by atoms with Crippen molar-refractivity contribution in [2.45, 2.75) is 26.4 Å². The van der Waals surface area contributed by atoms with Gasteiger partial charge in [0.25, 0.3) is 0 Å². The van der Waals surface area contributed by atoms with Crippen molar-refractivity contribution in [1.82, 2.24) is 0 Å². The molecule has 0 heterocycles.